The van der Waals surface area contributed by atoms with Gasteiger partial charge in [-0.1, -0.05) is 5.16 Å². The van der Waals surface area contributed by atoms with E-state index in [1.807, 2.05) is 6.92 Å². The van der Waals surface area contributed by atoms with Crippen LogP contribution < -0.4 is 4.74 Å². The molecule has 1 aromatic heterocycles. The molecule has 6 heteroatoms. The van der Waals surface area contributed by atoms with Gasteiger partial charge < -0.3 is 14.4 Å². The number of aryl methyl sites for hydroxylation is 1. The number of nitrogens with zero attached hydrogens (tertiary/aromatic N) is 1. The lowest BCUT2D eigenvalue weighted by Gasteiger charge is -2.06. The van der Waals surface area contributed by atoms with Crippen molar-refractivity contribution in [1.82, 2.24) is 5.16 Å². The quantitative estimate of drug-likeness (QED) is 0.939. The topological polar surface area (TPSA) is 72.6 Å². The van der Waals surface area contributed by atoms with Crippen molar-refractivity contribution >= 4 is 21.9 Å². The Balaban J connectivity index is 2.08. The van der Waals surface area contributed by atoms with Crippen molar-refractivity contribution in [2.75, 3.05) is 0 Å². The zero-order valence-corrected chi connectivity index (χ0v) is 11.1. The lowest BCUT2D eigenvalue weighted by molar-refractivity contribution is 0.0696. The maximum atomic E-state index is 10.8. The Morgan fingerprint density at radius 3 is 2.83 bits per heavy atom. The summed E-state index contributed by atoms with van der Waals surface area (Å²) in [6, 6.07) is 6.34. The summed E-state index contributed by atoms with van der Waals surface area (Å²) in [6.45, 7) is 2.07. The Bertz CT molecular complexity index is 579. The lowest BCUT2D eigenvalue weighted by atomic mass is 10.2. The van der Waals surface area contributed by atoms with Gasteiger partial charge in [-0.3, -0.25) is 0 Å². The van der Waals surface area contributed by atoms with E-state index in [4.69, 9.17) is 14.4 Å². The van der Waals surface area contributed by atoms with Crippen molar-refractivity contribution in [3.63, 3.8) is 0 Å². The first-order valence-electron chi connectivity index (χ1n) is 5.14. The maximum absolute atomic E-state index is 10.8. The summed E-state index contributed by atoms with van der Waals surface area (Å²) in [7, 11) is 0. The van der Waals surface area contributed by atoms with Crippen LogP contribution in [-0.4, -0.2) is 16.2 Å². The van der Waals surface area contributed by atoms with Gasteiger partial charge in [0.15, 0.2) is 5.76 Å². The molecule has 1 heterocycles. The molecule has 0 saturated heterocycles. The Hall–Kier alpha value is -1.82. The first-order valence-corrected chi connectivity index (χ1v) is 5.93. The van der Waals surface area contributed by atoms with Crippen molar-refractivity contribution in [2.45, 2.75) is 13.5 Å². The molecular formula is C12H10BrNO4. The van der Waals surface area contributed by atoms with Gasteiger partial charge in [-0.2, -0.15) is 0 Å². The van der Waals surface area contributed by atoms with Gasteiger partial charge in [-0.05, 0) is 41.1 Å². The first-order chi connectivity index (χ1) is 8.56. The summed E-state index contributed by atoms with van der Waals surface area (Å²) in [5.41, 5.74) is 0.985. The van der Waals surface area contributed by atoms with E-state index >= 15 is 0 Å². The molecule has 18 heavy (non-hydrogen) atoms. The van der Waals surface area contributed by atoms with Gasteiger partial charge in [0.2, 0.25) is 0 Å². The normalized spacial score (nSPS) is 10.3. The molecule has 0 bridgehead atoms. The highest BCUT2D eigenvalue weighted by atomic mass is 79.9. The molecule has 0 spiro atoms. The van der Waals surface area contributed by atoms with Gasteiger partial charge in [-0.15, -0.1) is 0 Å². The number of benzene rings is 1. The number of carbonyl (C=O) groups is 1. The van der Waals surface area contributed by atoms with Crippen LogP contribution in [0.2, 0.25) is 0 Å². The van der Waals surface area contributed by atoms with Crippen LogP contribution in [0.25, 0.3) is 0 Å². The van der Waals surface area contributed by atoms with E-state index in [-0.39, 0.29) is 12.2 Å². The molecule has 2 aromatic rings. The highest BCUT2D eigenvalue weighted by molar-refractivity contribution is 9.10. The highest BCUT2D eigenvalue weighted by Gasteiger charge is 2.08. The average Bonchev–Trinajstić information content (AvgIpc) is 2.73. The van der Waals surface area contributed by atoms with Gasteiger partial charge in [-0.25, -0.2) is 4.79 Å². The van der Waals surface area contributed by atoms with Gasteiger partial charge in [0.05, 0.1) is 15.7 Å². The summed E-state index contributed by atoms with van der Waals surface area (Å²) in [6.07, 6.45) is 0. The molecule has 1 aromatic carbocycles. The fourth-order valence-corrected chi connectivity index (χ4v) is 1.88. The molecular weight excluding hydrogens is 302 g/mol. The minimum absolute atomic E-state index is 0.199. The van der Waals surface area contributed by atoms with Crippen LogP contribution in [0.4, 0.5) is 0 Å². The molecule has 0 aliphatic rings. The second-order valence-corrected chi connectivity index (χ2v) is 4.53. The number of carboxylic acid groups (broad SMARTS) is 1. The van der Waals surface area contributed by atoms with Gasteiger partial charge >= 0.3 is 5.97 Å². The van der Waals surface area contributed by atoms with Crippen LogP contribution in [0.15, 0.2) is 33.3 Å². The monoisotopic (exact) mass is 311 g/mol. The number of halogens is 1. The SMILES string of the molecule is Cc1cc(COc2ccc(C(=O)O)cc2Br)on1. The highest BCUT2D eigenvalue weighted by Crippen LogP contribution is 2.26. The molecule has 0 saturated carbocycles. The summed E-state index contributed by atoms with van der Waals surface area (Å²) >= 11 is 3.26. The largest absolute Gasteiger partial charge is 0.484 e. The smallest absolute Gasteiger partial charge is 0.335 e. The lowest BCUT2D eigenvalue weighted by Crippen LogP contribution is -1.98. The van der Waals surface area contributed by atoms with Crippen LogP contribution in [0.5, 0.6) is 5.75 Å². The van der Waals surface area contributed by atoms with Crippen molar-refractivity contribution < 1.29 is 19.2 Å². The summed E-state index contributed by atoms with van der Waals surface area (Å²) < 4.78 is 11.1. The molecule has 0 aliphatic heterocycles. The van der Waals surface area contributed by atoms with Crippen LogP contribution in [0, 0.1) is 6.92 Å². The van der Waals surface area contributed by atoms with Gasteiger partial charge in [0, 0.05) is 6.07 Å². The first kappa shape index (κ1) is 12.6. The third kappa shape index (κ3) is 2.89. The third-order valence-corrected chi connectivity index (χ3v) is 2.85. The van der Waals surface area contributed by atoms with E-state index in [2.05, 4.69) is 21.1 Å². The van der Waals surface area contributed by atoms with Crippen LogP contribution in [0.3, 0.4) is 0 Å². The molecule has 0 radical (unpaired) electrons. The number of hydrogen-bond donors (Lipinski definition) is 1. The Morgan fingerprint density at radius 1 is 1.50 bits per heavy atom. The van der Waals surface area contributed by atoms with Crippen molar-refractivity contribution in [2.24, 2.45) is 0 Å². The maximum Gasteiger partial charge on any atom is 0.335 e. The number of rotatable bonds is 4. The summed E-state index contributed by atoms with van der Waals surface area (Å²) in [4.78, 5) is 10.8. The number of carboxylic acids is 1. The number of hydrogen-bond acceptors (Lipinski definition) is 4. The zero-order chi connectivity index (χ0) is 13.1. The van der Waals surface area contributed by atoms with E-state index in [1.165, 1.54) is 12.1 Å². The van der Waals surface area contributed by atoms with E-state index in [1.54, 1.807) is 12.1 Å². The summed E-state index contributed by atoms with van der Waals surface area (Å²) in [5.74, 6) is 0.184. The third-order valence-electron chi connectivity index (χ3n) is 2.23. The van der Waals surface area contributed by atoms with E-state index < -0.39 is 5.97 Å². The molecule has 94 valence electrons. The second kappa shape index (κ2) is 5.22. The molecule has 0 atom stereocenters. The van der Waals surface area contributed by atoms with Gasteiger partial charge in [0.1, 0.15) is 12.4 Å². The zero-order valence-electron chi connectivity index (χ0n) is 9.51. The fourth-order valence-electron chi connectivity index (χ4n) is 1.38. The summed E-state index contributed by atoms with van der Waals surface area (Å²) in [5, 5.41) is 12.6. The Morgan fingerprint density at radius 2 is 2.28 bits per heavy atom. The van der Waals surface area contributed by atoms with Gasteiger partial charge in [0.25, 0.3) is 0 Å². The van der Waals surface area contributed by atoms with Crippen molar-refractivity contribution in [1.29, 1.82) is 0 Å². The molecule has 0 amide bonds. The fraction of sp³-hybridized carbons (Fsp3) is 0.167. The second-order valence-electron chi connectivity index (χ2n) is 3.67. The average molecular weight is 312 g/mol. The molecule has 0 fully saturated rings. The predicted molar refractivity (Wildman–Crippen MR) is 66.7 cm³/mol. The van der Waals surface area contributed by atoms with Crippen LogP contribution in [-0.2, 0) is 6.61 Å². The number of aromatic carboxylic acids is 1. The van der Waals surface area contributed by atoms with Crippen molar-refractivity contribution in [3.05, 3.63) is 45.8 Å². The predicted octanol–water partition coefficient (Wildman–Crippen LogP) is 3.02. The van der Waals surface area contributed by atoms with E-state index in [9.17, 15) is 4.79 Å². The molecule has 0 unspecified atom stereocenters. The Labute approximate surface area is 111 Å². The standard InChI is InChI=1S/C12H10BrNO4/c1-7-4-9(18-14-7)6-17-11-3-2-8(12(15)16)5-10(11)13/h2-5H,6H2,1H3,(H,15,16). The van der Waals surface area contributed by atoms with Crippen molar-refractivity contribution in [3.8, 4) is 5.75 Å². The van der Waals surface area contributed by atoms with Crippen LogP contribution >= 0.6 is 15.9 Å². The van der Waals surface area contributed by atoms with E-state index in [0.717, 1.165) is 5.69 Å². The minimum atomic E-state index is -0.979. The number of aromatic nitrogens is 1. The molecule has 2 rings (SSSR count). The van der Waals surface area contributed by atoms with Crippen LogP contribution in [0.1, 0.15) is 21.8 Å². The molecule has 1 N–H and O–H groups in total. The molecule has 5 nitrogen and oxygen atoms in total. The Kier molecular flexibility index (Phi) is 3.66. The number of ether oxygens (including phenoxy) is 1. The molecule has 0 aliphatic carbocycles. The van der Waals surface area contributed by atoms with E-state index in [0.29, 0.717) is 16.0 Å². The minimum Gasteiger partial charge on any atom is -0.484 e.